The Bertz CT molecular complexity index is 832. The first kappa shape index (κ1) is 22.2. The van der Waals surface area contributed by atoms with Crippen molar-refractivity contribution in [1.82, 2.24) is 9.62 Å². The van der Waals surface area contributed by atoms with Gasteiger partial charge in [-0.25, -0.2) is 8.42 Å². The summed E-state index contributed by atoms with van der Waals surface area (Å²) >= 11 is 0. The van der Waals surface area contributed by atoms with Crippen LogP contribution in [0.4, 0.5) is 0 Å². The summed E-state index contributed by atoms with van der Waals surface area (Å²) in [6.07, 6.45) is 4.69. The van der Waals surface area contributed by atoms with E-state index in [1.165, 1.54) is 24.2 Å². The quantitative estimate of drug-likeness (QED) is 0.751. The van der Waals surface area contributed by atoms with Crippen molar-refractivity contribution in [2.45, 2.75) is 70.4 Å². The minimum Gasteiger partial charge on any atom is -0.348 e. The van der Waals surface area contributed by atoms with Gasteiger partial charge in [0.05, 0.1) is 31.1 Å². The van der Waals surface area contributed by atoms with E-state index in [0.29, 0.717) is 37.0 Å². The highest BCUT2D eigenvalue weighted by Gasteiger charge is 2.36. The number of benzene rings is 1. The molecule has 1 aromatic carbocycles. The van der Waals surface area contributed by atoms with E-state index in [1.807, 2.05) is 32.9 Å². The summed E-state index contributed by atoms with van der Waals surface area (Å²) in [7, 11) is -3.50. The molecule has 1 aliphatic carbocycles. The molecule has 0 bridgehead atoms. The lowest BCUT2D eigenvalue weighted by Gasteiger charge is -2.36. The van der Waals surface area contributed by atoms with Crippen LogP contribution in [0.1, 0.15) is 50.7 Å². The molecule has 3 atom stereocenters. The second-order valence-corrected chi connectivity index (χ2v) is 10.8. The normalized spacial score (nSPS) is 25.5. The van der Waals surface area contributed by atoms with Gasteiger partial charge < -0.3 is 10.2 Å². The van der Waals surface area contributed by atoms with Crippen LogP contribution in [0.5, 0.6) is 0 Å². The van der Waals surface area contributed by atoms with Gasteiger partial charge in [-0.05, 0) is 56.7 Å². The molecule has 2 fully saturated rings. The third-order valence-electron chi connectivity index (χ3n) is 6.77. The van der Waals surface area contributed by atoms with Gasteiger partial charge in [-0.1, -0.05) is 31.9 Å². The van der Waals surface area contributed by atoms with Crippen LogP contribution >= 0.6 is 0 Å². The molecule has 1 saturated carbocycles. The Morgan fingerprint density at radius 2 is 1.83 bits per heavy atom. The van der Waals surface area contributed by atoms with E-state index in [0.717, 1.165) is 17.5 Å². The fourth-order valence-electron chi connectivity index (χ4n) is 4.59. The maximum atomic E-state index is 13.1. The SMILES string of the molecule is Cc1ccc(C)c(S(=O)(=O)N2CC[NH+]([C@H](C)C(=O)N[C@@H]3CCCC[C@@H]3C)CC2)c1. The average Bonchev–Trinajstić information content (AvgIpc) is 2.71. The first-order valence-electron chi connectivity index (χ1n) is 10.9. The van der Waals surface area contributed by atoms with Crippen molar-refractivity contribution in [3.8, 4) is 0 Å². The summed E-state index contributed by atoms with van der Waals surface area (Å²) in [6.45, 7) is 10.1. The Labute approximate surface area is 175 Å². The molecule has 29 heavy (non-hydrogen) atoms. The molecule has 1 amide bonds. The van der Waals surface area contributed by atoms with Crippen LogP contribution in [0, 0.1) is 19.8 Å². The van der Waals surface area contributed by atoms with E-state index < -0.39 is 10.0 Å². The number of amides is 1. The van der Waals surface area contributed by atoms with Gasteiger partial charge >= 0.3 is 0 Å². The molecule has 0 spiro atoms. The summed E-state index contributed by atoms with van der Waals surface area (Å²) in [5.74, 6) is 0.638. The van der Waals surface area contributed by atoms with Crippen molar-refractivity contribution in [3.63, 3.8) is 0 Å². The lowest BCUT2D eigenvalue weighted by molar-refractivity contribution is -0.917. The van der Waals surface area contributed by atoms with Crippen LogP contribution in [0.2, 0.25) is 0 Å². The van der Waals surface area contributed by atoms with Crippen LogP contribution in [0.3, 0.4) is 0 Å². The first-order chi connectivity index (χ1) is 13.7. The molecule has 2 N–H and O–H groups in total. The second-order valence-electron chi connectivity index (χ2n) is 8.93. The van der Waals surface area contributed by atoms with E-state index in [9.17, 15) is 13.2 Å². The van der Waals surface area contributed by atoms with Gasteiger partial charge in [0.2, 0.25) is 10.0 Å². The van der Waals surface area contributed by atoms with Crippen molar-refractivity contribution >= 4 is 15.9 Å². The topological polar surface area (TPSA) is 70.9 Å². The third-order valence-corrected chi connectivity index (χ3v) is 8.81. The van der Waals surface area contributed by atoms with E-state index in [-0.39, 0.29) is 18.0 Å². The first-order valence-corrected chi connectivity index (χ1v) is 12.4. The number of aryl methyl sites for hydroxylation is 2. The third kappa shape index (κ3) is 5.01. The number of quaternary nitrogens is 1. The molecule has 2 aliphatic rings. The highest BCUT2D eigenvalue weighted by atomic mass is 32.2. The number of sulfonamides is 1. The number of carbonyl (C=O) groups is 1. The van der Waals surface area contributed by atoms with Crippen LogP contribution < -0.4 is 10.2 Å². The number of hydrogen-bond donors (Lipinski definition) is 2. The van der Waals surface area contributed by atoms with Crippen molar-refractivity contribution < 1.29 is 18.1 Å². The van der Waals surface area contributed by atoms with Gasteiger partial charge in [0.1, 0.15) is 0 Å². The van der Waals surface area contributed by atoms with E-state index >= 15 is 0 Å². The number of nitrogens with zero attached hydrogens (tertiary/aromatic N) is 1. The molecule has 1 saturated heterocycles. The van der Waals surface area contributed by atoms with Crippen molar-refractivity contribution in [1.29, 1.82) is 0 Å². The van der Waals surface area contributed by atoms with Gasteiger partial charge in [0, 0.05) is 6.04 Å². The van der Waals surface area contributed by atoms with Gasteiger partial charge in [0.15, 0.2) is 6.04 Å². The number of piperazine rings is 1. The zero-order valence-corrected chi connectivity index (χ0v) is 19.0. The summed E-state index contributed by atoms with van der Waals surface area (Å²) in [4.78, 5) is 14.3. The fourth-order valence-corrected chi connectivity index (χ4v) is 6.35. The molecule has 6 nitrogen and oxygen atoms in total. The second kappa shape index (κ2) is 9.14. The summed E-state index contributed by atoms with van der Waals surface area (Å²) < 4.78 is 27.8. The predicted molar refractivity (Wildman–Crippen MR) is 114 cm³/mol. The number of rotatable bonds is 5. The smallest absolute Gasteiger partial charge is 0.278 e. The molecule has 7 heteroatoms. The molecule has 162 valence electrons. The largest absolute Gasteiger partial charge is 0.348 e. The molecule has 1 aliphatic heterocycles. The van der Waals surface area contributed by atoms with Crippen molar-refractivity contribution in [3.05, 3.63) is 29.3 Å². The zero-order chi connectivity index (χ0) is 21.2. The fraction of sp³-hybridized carbons (Fsp3) is 0.682. The van der Waals surface area contributed by atoms with Crippen molar-refractivity contribution in [2.75, 3.05) is 26.2 Å². The van der Waals surface area contributed by atoms with Crippen LogP contribution in [-0.2, 0) is 14.8 Å². The Hall–Kier alpha value is -1.44. The molecule has 3 rings (SSSR count). The van der Waals surface area contributed by atoms with Crippen LogP contribution in [0.15, 0.2) is 23.1 Å². The maximum Gasteiger partial charge on any atom is 0.278 e. The molecular weight excluding hydrogens is 386 g/mol. The highest BCUT2D eigenvalue weighted by molar-refractivity contribution is 7.89. The van der Waals surface area contributed by atoms with Gasteiger partial charge in [0.25, 0.3) is 5.91 Å². The van der Waals surface area contributed by atoms with Gasteiger partial charge in [-0.2, -0.15) is 4.31 Å². The molecule has 0 unspecified atom stereocenters. The zero-order valence-electron chi connectivity index (χ0n) is 18.2. The number of carbonyl (C=O) groups excluding carboxylic acids is 1. The molecule has 1 aromatic rings. The molecular formula is C22H36N3O3S+. The summed E-state index contributed by atoms with van der Waals surface area (Å²) in [5, 5.41) is 3.26. The molecule has 0 radical (unpaired) electrons. The van der Waals surface area contributed by atoms with Crippen LogP contribution in [-0.4, -0.2) is 56.9 Å². The lowest BCUT2D eigenvalue weighted by Crippen LogP contribution is -3.19. The number of hydrogen-bond acceptors (Lipinski definition) is 3. The Morgan fingerprint density at radius 1 is 1.17 bits per heavy atom. The monoisotopic (exact) mass is 422 g/mol. The molecule has 1 heterocycles. The minimum absolute atomic E-state index is 0.101. The van der Waals surface area contributed by atoms with Crippen LogP contribution in [0.25, 0.3) is 0 Å². The molecule has 0 aromatic heterocycles. The summed E-state index contributed by atoms with van der Waals surface area (Å²) in [5.41, 5.74) is 1.72. The lowest BCUT2D eigenvalue weighted by atomic mass is 9.86. The summed E-state index contributed by atoms with van der Waals surface area (Å²) in [6, 6.07) is 5.68. The van der Waals surface area contributed by atoms with E-state index in [4.69, 9.17) is 0 Å². The highest BCUT2D eigenvalue weighted by Crippen LogP contribution is 2.24. The van der Waals surface area contributed by atoms with Gasteiger partial charge in [-0.15, -0.1) is 0 Å². The Balaban J connectivity index is 1.59. The maximum absolute atomic E-state index is 13.1. The van der Waals surface area contributed by atoms with Gasteiger partial charge in [-0.3, -0.25) is 4.79 Å². The van der Waals surface area contributed by atoms with E-state index in [1.54, 1.807) is 10.4 Å². The Morgan fingerprint density at radius 3 is 2.48 bits per heavy atom. The standard InChI is InChI=1S/C22H35N3O3S/c1-16-9-10-18(3)21(15-16)29(27,28)25-13-11-24(12-14-25)19(4)22(26)23-20-8-6-5-7-17(20)2/h9-10,15,17,19-20H,5-8,11-14H2,1-4H3,(H,23,26)/p+1/t17-,19+,20+/m0/s1. The number of nitrogens with one attached hydrogen (secondary N) is 2. The van der Waals surface area contributed by atoms with Crippen molar-refractivity contribution in [2.24, 2.45) is 5.92 Å². The minimum atomic E-state index is -3.50. The average molecular weight is 423 g/mol. The van der Waals surface area contributed by atoms with E-state index in [2.05, 4.69) is 12.2 Å². The predicted octanol–water partition coefficient (Wildman–Crippen LogP) is 1.28. The Kier molecular flexibility index (Phi) is 7.02.